The maximum Gasteiger partial charge on any atom is 0.310 e. The standard InChI is InChI=1S/C23H31N3O2/c24-15-19-4-1-3-18(13-19)14-22(16-25-20-5-6-20)9-11-26(12-10-22)17-23(21(27)28)7-2-8-23/h1,3-4,13,20,25H,2,5-12,14,16-17H2,(H,27,28). The van der Waals surface area contributed by atoms with E-state index < -0.39 is 11.4 Å². The van der Waals surface area contributed by atoms with Crippen LogP contribution in [0.25, 0.3) is 0 Å². The molecule has 0 aromatic heterocycles. The average molecular weight is 382 g/mol. The molecule has 0 bridgehead atoms. The molecule has 4 rings (SSSR count). The first-order valence-corrected chi connectivity index (χ1v) is 10.7. The average Bonchev–Trinajstić information content (AvgIpc) is 3.49. The van der Waals surface area contributed by atoms with Gasteiger partial charge in [-0.25, -0.2) is 0 Å². The molecule has 5 nitrogen and oxygen atoms in total. The lowest BCUT2D eigenvalue weighted by atomic mass is 9.67. The quantitative estimate of drug-likeness (QED) is 0.723. The first kappa shape index (κ1) is 19.4. The topological polar surface area (TPSA) is 76.4 Å². The van der Waals surface area contributed by atoms with E-state index in [1.54, 1.807) is 0 Å². The summed E-state index contributed by atoms with van der Waals surface area (Å²) in [5, 5.41) is 22.6. The van der Waals surface area contributed by atoms with E-state index in [0.717, 1.165) is 63.7 Å². The number of piperidine rings is 1. The third kappa shape index (κ3) is 4.24. The third-order valence-corrected chi connectivity index (χ3v) is 7.19. The molecular formula is C23H31N3O2. The molecule has 0 spiro atoms. The van der Waals surface area contributed by atoms with Crippen LogP contribution in [0, 0.1) is 22.2 Å². The minimum absolute atomic E-state index is 0.198. The van der Waals surface area contributed by atoms with Gasteiger partial charge in [0.05, 0.1) is 17.0 Å². The lowest BCUT2D eigenvalue weighted by Gasteiger charge is -2.47. The Balaban J connectivity index is 1.42. The molecule has 5 heteroatoms. The number of rotatable bonds is 8. The van der Waals surface area contributed by atoms with Crippen LogP contribution >= 0.6 is 0 Å². The lowest BCUT2D eigenvalue weighted by molar-refractivity contribution is -0.156. The van der Waals surface area contributed by atoms with Gasteiger partial charge in [0, 0.05) is 19.1 Å². The number of carboxylic acid groups (broad SMARTS) is 1. The van der Waals surface area contributed by atoms with Crippen LogP contribution in [0.15, 0.2) is 24.3 Å². The van der Waals surface area contributed by atoms with E-state index >= 15 is 0 Å². The minimum Gasteiger partial charge on any atom is -0.481 e. The Hall–Kier alpha value is -1.90. The molecule has 28 heavy (non-hydrogen) atoms. The molecular weight excluding hydrogens is 350 g/mol. The van der Waals surface area contributed by atoms with Crippen LogP contribution < -0.4 is 5.32 Å². The Bertz CT molecular complexity index is 753. The van der Waals surface area contributed by atoms with E-state index in [9.17, 15) is 15.2 Å². The summed E-state index contributed by atoms with van der Waals surface area (Å²) in [6, 6.07) is 11.0. The fraction of sp³-hybridized carbons (Fsp3) is 0.652. The zero-order chi connectivity index (χ0) is 19.6. The maximum absolute atomic E-state index is 11.7. The van der Waals surface area contributed by atoms with Crippen molar-refractivity contribution in [2.24, 2.45) is 10.8 Å². The number of hydrogen-bond acceptors (Lipinski definition) is 4. The largest absolute Gasteiger partial charge is 0.481 e. The molecule has 2 saturated carbocycles. The van der Waals surface area contributed by atoms with Crippen molar-refractivity contribution in [2.75, 3.05) is 26.2 Å². The molecule has 2 aliphatic carbocycles. The molecule has 2 N–H and O–H groups in total. The normalized spacial score (nSPS) is 23.5. The van der Waals surface area contributed by atoms with Crippen LogP contribution in [0.1, 0.15) is 56.1 Å². The van der Waals surface area contributed by atoms with E-state index in [-0.39, 0.29) is 5.41 Å². The second-order valence-electron chi connectivity index (χ2n) is 9.36. The van der Waals surface area contributed by atoms with Crippen molar-refractivity contribution < 1.29 is 9.90 Å². The van der Waals surface area contributed by atoms with Crippen molar-refractivity contribution in [1.82, 2.24) is 10.2 Å². The summed E-state index contributed by atoms with van der Waals surface area (Å²) in [5.41, 5.74) is 1.68. The molecule has 1 aromatic rings. The number of nitrogens with zero attached hydrogens (tertiary/aromatic N) is 2. The number of carboxylic acids is 1. The highest BCUT2D eigenvalue weighted by Gasteiger charge is 2.46. The predicted molar refractivity (Wildman–Crippen MR) is 108 cm³/mol. The lowest BCUT2D eigenvalue weighted by Crippen LogP contribution is -2.52. The van der Waals surface area contributed by atoms with E-state index in [0.29, 0.717) is 12.6 Å². The number of hydrogen-bond donors (Lipinski definition) is 2. The summed E-state index contributed by atoms with van der Waals surface area (Å²) < 4.78 is 0. The minimum atomic E-state index is -0.612. The molecule has 3 aliphatic rings. The fourth-order valence-corrected chi connectivity index (χ4v) is 4.90. The summed E-state index contributed by atoms with van der Waals surface area (Å²) in [7, 11) is 0. The van der Waals surface area contributed by atoms with Crippen molar-refractivity contribution in [3.8, 4) is 6.07 Å². The van der Waals surface area contributed by atoms with Gasteiger partial charge in [0.1, 0.15) is 0 Å². The van der Waals surface area contributed by atoms with Gasteiger partial charge in [0.2, 0.25) is 0 Å². The van der Waals surface area contributed by atoms with Crippen LogP contribution in [0.5, 0.6) is 0 Å². The van der Waals surface area contributed by atoms with Gasteiger partial charge in [-0.1, -0.05) is 18.6 Å². The van der Waals surface area contributed by atoms with Gasteiger partial charge >= 0.3 is 5.97 Å². The highest BCUT2D eigenvalue weighted by molar-refractivity contribution is 5.76. The zero-order valence-corrected chi connectivity index (χ0v) is 16.6. The number of likely N-dealkylation sites (tertiary alicyclic amines) is 1. The van der Waals surface area contributed by atoms with Gasteiger partial charge in [-0.2, -0.15) is 5.26 Å². The Morgan fingerprint density at radius 3 is 2.57 bits per heavy atom. The summed E-state index contributed by atoms with van der Waals surface area (Å²) in [4.78, 5) is 14.1. The number of nitrogens with one attached hydrogen (secondary N) is 1. The first-order valence-electron chi connectivity index (χ1n) is 10.7. The highest BCUT2D eigenvalue weighted by atomic mass is 16.4. The summed E-state index contributed by atoms with van der Waals surface area (Å²) in [6.45, 7) is 3.67. The van der Waals surface area contributed by atoms with Crippen LogP contribution in [0.4, 0.5) is 0 Å². The highest BCUT2D eigenvalue weighted by Crippen LogP contribution is 2.43. The van der Waals surface area contributed by atoms with Crippen molar-refractivity contribution in [3.05, 3.63) is 35.4 Å². The van der Waals surface area contributed by atoms with E-state index in [1.807, 2.05) is 18.2 Å². The summed E-state index contributed by atoms with van der Waals surface area (Å²) in [6.07, 6.45) is 8.42. The summed E-state index contributed by atoms with van der Waals surface area (Å²) >= 11 is 0. The molecule has 3 fully saturated rings. The van der Waals surface area contributed by atoms with Crippen LogP contribution in [0.3, 0.4) is 0 Å². The van der Waals surface area contributed by atoms with Crippen molar-refractivity contribution in [3.63, 3.8) is 0 Å². The molecule has 1 saturated heterocycles. The molecule has 1 aliphatic heterocycles. The second-order valence-corrected chi connectivity index (χ2v) is 9.36. The smallest absolute Gasteiger partial charge is 0.310 e. The number of aliphatic carboxylic acids is 1. The van der Waals surface area contributed by atoms with Gasteiger partial charge in [0.25, 0.3) is 0 Å². The number of carbonyl (C=O) groups is 1. The van der Waals surface area contributed by atoms with Crippen LogP contribution in [-0.4, -0.2) is 48.2 Å². The van der Waals surface area contributed by atoms with E-state index in [2.05, 4.69) is 22.4 Å². The number of benzene rings is 1. The molecule has 0 unspecified atom stereocenters. The van der Waals surface area contributed by atoms with Crippen LogP contribution in [-0.2, 0) is 11.2 Å². The Labute approximate surface area is 167 Å². The molecule has 0 radical (unpaired) electrons. The van der Waals surface area contributed by atoms with E-state index in [4.69, 9.17) is 0 Å². The fourth-order valence-electron chi connectivity index (χ4n) is 4.90. The Kier molecular flexibility index (Phi) is 5.44. The van der Waals surface area contributed by atoms with Crippen molar-refractivity contribution in [2.45, 2.75) is 57.4 Å². The summed E-state index contributed by atoms with van der Waals surface area (Å²) in [5.74, 6) is -0.612. The maximum atomic E-state index is 11.7. The molecule has 1 aromatic carbocycles. The first-order chi connectivity index (χ1) is 13.5. The Morgan fingerprint density at radius 2 is 2.00 bits per heavy atom. The molecule has 0 amide bonds. The second kappa shape index (κ2) is 7.85. The molecule has 150 valence electrons. The van der Waals surface area contributed by atoms with Crippen molar-refractivity contribution in [1.29, 1.82) is 5.26 Å². The predicted octanol–water partition coefficient (Wildman–Crippen LogP) is 3.19. The van der Waals surface area contributed by atoms with Crippen molar-refractivity contribution >= 4 is 5.97 Å². The van der Waals surface area contributed by atoms with Crippen LogP contribution in [0.2, 0.25) is 0 Å². The van der Waals surface area contributed by atoms with E-state index in [1.165, 1.54) is 18.4 Å². The SMILES string of the molecule is N#Cc1cccc(CC2(CNC3CC3)CCN(CC3(C(=O)O)CCC3)CC2)c1. The van der Waals surface area contributed by atoms with Gasteiger partial charge < -0.3 is 15.3 Å². The molecule has 0 atom stereocenters. The molecule has 1 heterocycles. The van der Waals surface area contributed by atoms with Gasteiger partial charge in [-0.3, -0.25) is 4.79 Å². The monoisotopic (exact) mass is 381 g/mol. The number of nitriles is 1. The van der Waals surface area contributed by atoms with Gasteiger partial charge in [-0.05, 0) is 81.1 Å². The third-order valence-electron chi connectivity index (χ3n) is 7.19. The van der Waals surface area contributed by atoms with Gasteiger partial charge in [0.15, 0.2) is 0 Å². The van der Waals surface area contributed by atoms with Gasteiger partial charge in [-0.15, -0.1) is 0 Å². The Morgan fingerprint density at radius 1 is 1.25 bits per heavy atom. The zero-order valence-electron chi connectivity index (χ0n) is 16.6.